The summed E-state index contributed by atoms with van der Waals surface area (Å²) in [5, 5.41) is 392. The Balaban J connectivity index is 1.02. The molecule has 132 heavy (non-hydrogen) atoms. The second-order valence-electron chi connectivity index (χ2n) is 32.9. The fourth-order valence-electron chi connectivity index (χ4n) is 16.5. The van der Waals surface area contributed by atoms with Crippen molar-refractivity contribution in [2.75, 3.05) is 66.1 Å². The minimum atomic E-state index is -6.12. The molecule has 0 aromatic rings. The van der Waals surface area contributed by atoms with Crippen molar-refractivity contribution in [3.8, 4) is 0 Å². The van der Waals surface area contributed by atoms with Crippen molar-refractivity contribution >= 4 is 19.7 Å². The number of nitrogens with one attached hydrogen (secondary N) is 1. The zero-order valence-corrected chi connectivity index (χ0v) is 69.8. The van der Waals surface area contributed by atoms with E-state index in [2.05, 4.69) is 5.32 Å². The smallest absolute Gasteiger partial charge is 0.469 e. The van der Waals surface area contributed by atoms with Gasteiger partial charge in [-0.25, -0.2) is 9.36 Å². The molecule has 0 unspecified atom stereocenters. The molecule has 10 rings (SSSR count). The zero-order chi connectivity index (χ0) is 98.0. The van der Waals surface area contributed by atoms with Crippen LogP contribution < -0.4 is 11.1 Å². The third-order valence-electron chi connectivity index (χ3n) is 23.8. The Morgan fingerprint density at radius 3 is 1.29 bits per heavy atom. The first-order valence-corrected chi connectivity index (χ1v) is 42.5. The number of carbonyl (C=O) groups is 2. The predicted octanol–water partition coefficient (Wildman–Crippen LogP) is -25.9. The summed E-state index contributed by atoms with van der Waals surface area (Å²) in [5.41, 5.74) is 6.00. The molecule has 1 amide bonds. The van der Waals surface area contributed by atoms with Crippen molar-refractivity contribution in [3.63, 3.8) is 0 Å². The molecule has 0 saturated carbocycles. The number of carboxylic acids is 1. The van der Waals surface area contributed by atoms with Crippen molar-refractivity contribution in [2.45, 2.75) is 350 Å². The second kappa shape index (κ2) is 47.2. The molecule has 0 radical (unpaired) electrons. The summed E-state index contributed by atoms with van der Waals surface area (Å²) in [4.78, 5) is 45.8. The number of ether oxygens (including phenoxy) is 19. The topological polar surface area (TPSA) is 1020 Å². The lowest BCUT2D eigenvalue weighted by molar-refractivity contribution is -0.421. The van der Waals surface area contributed by atoms with E-state index in [1.807, 2.05) is 0 Å². The van der Waals surface area contributed by atoms with Gasteiger partial charge in [0.2, 0.25) is 5.91 Å². The highest BCUT2D eigenvalue weighted by Crippen LogP contribution is 2.47. The van der Waals surface area contributed by atoms with Gasteiger partial charge in [0.15, 0.2) is 56.6 Å². The first kappa shape index (κ1) is 111. The van der Waals surface area contributed by atoms with E-state index < -0.39 is 429 Å². The molecule has 10 saturated heterocycles. The highest BCUT2D eigenvalue weighted by Gasteiger charge is 2.65. The number of carbonyl (C=O) groups excluding carboxylic acids is 1. The monoisotopic (exact) mass is 1970 g/mol. The Hall–Kier alpha value is -3.11. The van der Waals surface area contributed by atoms with Crippen molar-refractivity contribution in [1.29, 1.82) is 0 Å². The summed E-state index contributed by atoms with van der Waals surface area (Å²) in [7, 11) is -6.12. The van der Waals surface area contributed by atoms with E-state index in [1.165, 1.54) is 0 Å². The van der Waals surface area contributed by atoms with Crippen LogP contribution in [-0.4, -0.2) is 603 Å². The predicted molar refractivity (Wildman–Crippen MR) is 395 cm³/mol. The maximum absolute atomic E-state index is 13.2. The SMILES string of the molecule is CC(=O)N[C@H]1[C@@H](OC[C@H]2O[C@H](O[C@H]3[C@H](O)[C@H](O)[C@@H](O[C@@H]4[C@@H](O[C@@H]5[C@H](O)[C@@H](O[C@H]6[C@@H]([C@H](O)CO)O[C@@](O)(C(=O)O)C[C@H]6OP(=O)(O)O)O[C@H]([C@H](CO)O[C@H]6O[C@H]([C@@H](O)CO)[C@@H](O)[C@H](O)[C@@H]6O)[C@H]5O[C@@H]5O[C@H]([C@@H](O)CO[C@H]6O[C@H](CO)[C@@H](O)[C@H](O)[C@H]6N)[C@@H](O)[C@H](O)[C@@H]5O)O[C@H]([C@@H](O)CO)[C@@H](O)[C@@H]4O)O[C@@H]3[C@@H](O)CO)[C@H](O)[C@@H](O)[C@@H]2O)O[C@H](CO)[C@H](O[C@H]2O[C@H](CO)[C@H](O)[C@H](O)[C@H]2O)[C@@H]1O. The summed E-state index contributed by atoms with van der Waals surface area (Å²) in [6.45, 7) is -11.9. The molecule has 63 heteroatoms. The first-order chi connectivity index (χ1) is 62.0. The standard InChI is InChI=1S/C69H119N2O60P/c1-13(80)71-26-31(90)52(123-61-41(100)32(91)28(87)21(8-77)115-61)22(9-78)116-60(26)113-12-24-29(88)33(92)42(101)63(118-24)126-55-40(99)45(104)65(122-50(55)16(83)5-74)128-57-39(98)38(97)48(15(82)4-73)121-67(57)127-56-46(105)66(124-53-19(131-132(109,110)111)2-69(108,68(106)107)130-51(53)17(84)6-75)125-54(23(10-79)117-62-43(102)34(93)36(95)47(119-62)14(81)3-72)58(56)129-64-44(103)35(94)37(96)49(120-64)18(85)11-112-59-25(70)30(89)27(86)20(7-76)114-59/h14-67,72-79,81-105,108H,2-12,70H2,1H3,(H,71,80)(H,106,107)(H2,109,110,111)/t14-,15-,16-,17+,18-,19+,20+,21+,22+,23-,24+,25+,26+,27+,28-,29+,30+,31+,32-,33-,34-,35-,36-,37-,38-,39-,40+,41+,42+,43-,44-,45-,46-,47+,48+,49+,50+,51+,52-,53+,54+,55-,56+,57-,58+,59-,60-,61+,62-,63+,64-,65+,66-,67+,69+/m0/s1. The third kappa shape index (κ3) is 24.3. The van der Waals surface area contributed by atoms with Gasteiger partial charge in [-0.3, -0.25) is 9.32 Å². The van der Waals surface area contributed by atoms with Crippen LogP contribution in [0.5, 0.6) is 0 Å². The molecular weight excluding hydrogens is 1850 g/mol. The van der Waals surface area contributed by atoms with E-state index in [-0.39, 0.29) is 0 Å². The molecule has 10 heterocycles. The van der Waals surface area contributed by atoms with Crippen LogP contribution in [-0.2, 0) is 109 Å². The van der Waals surface area contributed by atoms with Crippen molar-refractivity contribution in [1.82, 2.24) is 5.32 Å². The number of phosphoric acid groups is 1. The van der Waals surface area contributed by atoms with Gasteiger partial charge in [-0.05, 0) is 0 Å². The maximum atomic E-state index is 13.2. The van der Waals surface area contributed by atoms with Crippen molar-refractivity contribution in [3.05, 3.63) is 0 Å². The molecule has 55 atom stereocenters. The normalized spacial score (nSPS) is 48.6. The molecule has 62 nitrogen and oxygen atoms in total. The van der Waals surface area contributed by atoms with E-state index in [9.17, 15) is 203 Å². The fraction of sp³-hybridized carbons (Fsp3) is 0.971. The Bertz CT molecular complexity index is 3590. The van der Waals surface area contributed by atoms with Gasteiger partial charge in [-0.1, -0.05) is 0 Å². The number of aliphatic hydroxyl groups excluding tert-OH is 33. The number of carboxylic acid groups (broad SMARTS) is 1. The van der Waals surface area contributed by atoms with Crippen molar-refractivity contribution < 1.29 is 297 Å². The van der Waals surface area contributed by atoms with Gasteiger partial charge < -0.3 is 290 Å². The van der Waals surface area contributed by atoms with Crippen LogP contribution >= 0.6 is 7.82 Å². The number of phosphoric ester groups is 1. The fourth-order valence-corrected chi connectivity index (χ4v) is 17.0. The lowest BCUT2D eigenvalue weighted by Gasteiger charge is -2.53. The van der Waals surface area contributed by atoms with E-state index in [0.717, 1.165) is 6.92 Å². The van der Waals surface area contributed by atoms with Crippen LogP contribution in [0.15, 0.2) is 0 Å². The molecule has 770 valence electrons. The summed E-state index contributed by atoms with van der Waals surface area (Å²) in [6, 6.07) is -3.49. The summed E-state index contributed by atoms with van der Waals surface area (Å²) < 4.78 is 128. The molecule has 0 aromatic heterocycles. The van der Waals surface area contributed by atoms with Crippen LogP contribution in [0.2, 0.25) is 0 Å². The van der Waals surface area contributed by atoms with Crippen LogP contribution in [0.3, 0.4) is 0 Å². The molecule has 0 aliphatic carbocycles. The maximum Gasteiger partial charge on any atom is 0.469 e. The van der Waals surface area contributed by atoms with Gasteiger partial charge in [-0.2, -0.15) is 0 Å². The van der Waals surface area contributed by atoms with E-state index in [4.69, 9.17) is 100 Å². The molecule has 40 N–H and O–H groups in total. The average Bonchev–Trinajstić information content (AvgIpc) is 0.743. The summed E-state index contributed by atoms with van der Waals surface area (Å²) in [5.74, 6) is -7.01. The van der Waals surface area contributed by atoms with Crippen molar-refractivity contribution in [2.24, 2.45) is 5.73 Å². The van der Waals surface area contributed by atoms with E-state index >= 15 is 0 Å². The average molecular weight is 1970 g/mol. The quantitative estimate of drug-likeness (QED) is 0.0255. The van der Waals surface area contributed by atoms with Gasteiger partial charge in [0.05, 0.1) is 72.1 Å². The molecule has 0 spiro atoms. The van der Waals surface area contributed by atoms with Crippen LogP contribution in [0, 0.1) is 0 Å². The zero-order valence-electron chi connectivity index (χ0n) is 68.9. The Morgan fingerprint density at radius 1 is 0.379 bits per heavy atom. The minimum absolute atomic E-state index is 0.910. The number of hydrogen-bond donors (Lipinski definition) is 39. The number of aliphatic carboxylic acids is 1. The highest BCUT2D eigenvalue weighted by molar-refractivity contribution is 7.46. The molecular formula is C69H119N2O60P. The molecule has 0 aromatic carbocycles. The van der Waals surface area contributed by atoms with E-state index in [0.29, 0.717) is 0 Å². The van der Waals surface area contributed by atoms with Crippen LogP contribution in [0.1, 0.15) is 13.3 Å². The van der Waals surface area contributed by atoms with Gasteiger partial charge in [0.1, 0.15) is 269 Å². The number of rotatable bonds is 38. The Morgan fingerprint density at radius 2 is 0.765 bits per heavy atom. The molecule has 0 bridgehead atoms. The number of aliphatic hydroxyl groups is 34. The molecule has 10 aliphatic rings. The van der Waals surface area contributed by atoms with Gasteiger partial charge in [-0.15, -0.1) is 0 Å². The van der Waals surface area contributed by atoms with Gasteiger partial charge in [0, 0.05) is 13.3 Å². The first-order valence-electron chi connectivity index (χ1n) is 41.0. The van der Waals surface area contributed by atoms with Crippen LogP contribution in [0.25, 0.3) is 0 Å². The van der Waals surface area contributed by atoms with E-state index in [1.54, 1.807) is 0 Å². The largest absolute Gasteiger partial charge is 0.477 e. The number of hydrogen-bond acceptors (Lipinski definition) is 58. The number of amides is 1. The molecule has 10 aliphatic heterocycles. The lowest BCUT2D eigenvalue weighted by Crippen LogP contribution is -2.71. The Kier molecular flexibility index (Phi) is 39.6. The summed E-state index contributed by atoms with van der Waals surface area (Å²) in [6.07, 6.45) is -128. The minimum Gasteiger partial charge on any atom is -0.477 e. The third-order valence-corrected chi connectivity index (χ3v) is 24.4. The second-order valence-corrected chi connectivity index (χ2v) is 34.1. The van der Waals surface area contributed by atoms with Gasteiger partial charge in [0.25, 0.3) is 5.79 Å². The summed E-state index contributed by atoms with van der Waals surface area (Å²) >= 11 is 0. The van der Waals surface area contributed by atoms with Crippen LogP contribution in [0.4, 0.5) is 0 Å². The Labute approximate surface area is 742 Å². The molecule has 10 fully saturated rings. The number of nitrogens with two attached hydrogens (primary N) is 1. The van der Waals surface area contributed by atoms with Gasteiger partial charge >= 0.3 is 13.8 Å². The lowest BCUT2D eigenvalue weighted by atomic mass is 9.91. The highest BCUT2D eigenvalue weighted by atomic mass is 31.2.